The second kappa shape index (κ2) is 3.70. The quantitative estimate of drug-likeness (QED) is 0.769. The molecule has 19 heavy (non-hydrogen) atoms. The molecule has 98 valence electrons. The van der Waals surface area contributed by atoms with Gasteiger partial charge in [-0.3, -0.25) is 9.69 Å². The van der Waals surface area contributed by atoms with Crippen molar-refractivity contribution in [2.45, 2.75) is 19.9 Å². The van der Waals surface area contributed by atoms with Crippen LogP contribution in [0.3, 0.4) is 0 Å². The summed E-state index contributed by atoms with van der Waals surface area (Å²) in [6, 6.07) is 6.59. The first-order valence-electron chi connectivity index (χ1n) is 7.02. The normalized spacial score (nSPS) is 22.2. The first kappa shape index (κ1) is 11.2. The van der Waals surface area contributed by atoms with Crippen molar-refractivity contribution in [3.8, 4) is 0 Å². The Morgan fingerprint density at radius 2 is 2.11 bits per heavy atom. The molecule has 2 aliphatic rings. The van der Waals surface area contributed by atoms with Gasteiger partial charge in [0.2, 0.25) is 0 Å². The molecule has 1 fully saturated rings. The van der Waals surface area contributed by atoms with Gasteiger partial charge < -0.3 is 4.57 Å². The Bertz CT molecular complexity index is 694. The van der Waals surface area contributed by atoms with Crippen LogP contribution in [0.5, 0.6) is 0 Å². The monoisotopic (exact) mass is 254 g/mol. The molecule has 1 atom stereocenters. The molecule has 1 aliphatic heterocycles. The van der Waals surface area contributed by atoms with Crippen molar-refractivity contribution in [2.75, 3.05) is 13.1 Å². The molecule has 3 heteroatoms. The maximum atomic E-state index is 12.3. The topological polar surface area (TPSA) is 25.0 Å². The predicted octanol–water partition coefficient (Wildman–Crippen LogP) is 2.37. The summed E-state index contributed by atoms with van der Waals surface area (Å²) in [4.78, 5) is 14.7. The number of benzene rings is 1. The van der Waals surface area contributed by atoms with Gasteiger partial charge in [0.1, 0.15) is 0 Å². The van der Waals surface area contributed by atoms with Gasteiger partial charge in [0.15, 0.2) is 5.78 Å². The van der Waals surface area contributed by atoms with Gasteiger partial charge in [-0.2, -0.15) is 0 Å². The molecule has 2 heterocycles. The number of hydrogen-bond acceptors (Lipinski definition) is 2. The lowest BCUT2D eigenvalue weighted by atomic mass is 10.0. The van der Waals surface area contributed by atoms with E-state index >= 15 is 0 Å². The van der Waals surface area contributed by atoms with Gasteiger partial charge in [-0.15, -0.1) is 0 Å². The third kappa shape index (κ3) is 1.58. The Balaban J connectivity index is 1.90. The Labute approximate surface area is 112 Å². The Hall–Kier alpha value is -1.61. The van der Waals surface area contributed by atoms with Gasteiger partial charge in [0, 0.05) is 54.8 Å². The van der Waals surface area contributed by atoms with Crippen molar-refractivity contribution in [1.82, 2.24) is 9.47 Å². The van der Waals surface area contributed by atoms with Crippen LogP contribution in [-0.4, -0.2) is 28.3 Å². The Kier molecular flexibility index (Phi) is 2.19. The molecule has 0 N–H and O–H groups in total. The van der Waals surface area contributed by atoms with Crippen LogP contribution in [0.15, 0.2) is 18.2 Å². The molecule has 4 rings (SSSR count). The van der Waals surface area contributed by atoms with E-state index in [1.807, 2.05) is 6.92 Å². The molecular weight excluding hydrogens is 236 g/mol. The van der Waals surface area contributed by atoms with Crippen LogP contribution in [0.1, 0.15) is 28.5 Å². The summed E-state index contributed by atoms with van der Waals surface area (Å²) in [5, 5.41) is 1.16. The van der Waals surface area contributed by atoms with E-state index in [1.54, 1.807) is 0 Å². The summed E-state index contributed by atoms with van der Waals surface area (Å²) in [6.07, 6.45) is 0.890. The minimum Gasteiger partial charge on any atom is -0.347 e. The zero-order valence-corrected chi connectivity index (χ0v) is 11.4. The smallest absolute Gasteiger partial charge is 0.168 e. The minimum atomic E-state index is 0.149. The number of aromatic nitrogens is 1. The van der Waals surface area contributed by atoms with Crippen molar-refractivity contribution in [3.63, 3.8) is 0 Å². The molecule has 0 spiro atoms. The molecule has 0 saturated carbocycles. The van der Waals surface area contributed by atoms with Crippen LogP contribution in [0.2, 0.25) is 0 Å². The van der Waals surface area contributed by atoms with Gasteiger partial charge in [0.25, 0.3) is 0 Å². The maximum Gasteiger partial charge on any atom is 0.168 e. The second-order valence-electron chi connectivity index (χ2n) is 5.98. The average molecular weight is 254 g/mol. The number of nitrogens with zero attached hydrogens (tertiary/aromatic N) is 2. The van der Waals surface area contributed by atoms with Crippen molar-refractivity contribution >= 4 is 16.7 Å². The molecule has 1 aromatic heterocycles. The lowest BCUT2D eigenvalue weighted by Gasteiger charge is -2.06. The van der Waals surface area contributed by atoms with E-state index in [9.17, 15) is 4.79 Å². The number of carbonyl (C=O) groups is 1. The zero-order chi connectivity index (χ0) is 13.1. The lowest BCUT2D eigenvalue weighted by Crippen LogP contribution is -2.05. The number of aryl methyl sites for hydroxylation is 1. The number of ketones is 1. The van der Waals surface area contributed by atoms with E-state index in [4.69, 9.17) is 0 Å². The highest BCUT2D eigenvalue weighted by atomic mass is 16.1. The molecule has 0 bridgehead atoms. The lowest BCUT2D eigenvalue weighted by molar-refractivity contribution is 0.0947. The first-order chi connectivity index (χ1) is 9.15. The summed E-state index contributed by atoms with van der Waals surface area (Å²) < 4.78 is 2.20. The van der Waals surface area contributed by atoms with Gasteiger partial charge in [-0.25, -0.2) is 0 Å². The second-order valence-corrected chi connectivity index (χ2v) is 5.98. The molecule has 1 aliphatic carbocycles. The van der Waals surface area contributed by atoms with Gasteiger partial charge in [-0.05, 0) is 24.1 Å². The Morgan fingerprint density at radius 3 is 2.84 bits per heavy atom. The standard InChI is InChI=1S/C16H18N2O/c1-10-7-14-15(16(10)19)12-8-11(9-18-5-6-18)3-4-13(12)17(14)2/h3-4,8,10H,5-7,9H2,1-2H3. The molecule has 1 aromatic carbocycles. The highest BCUT2D eigenvalue weighted by Gasteiger charge is 2.32. The van der Waals surface area contributed by atoms with E-state index in [0.29, 0.717) is 5.78 Å². The van der Waals surface area contributed by atoms with Crippen molar-refractivity contribution in [2.24, 2.45) is 13.0 Å². The summed E-state index contributed by atoms with van der Waals surface area (Å²) in [6.45, 7) is 5.47. The molecule has 0 radical (unpaired) electrons. The fourth-order valence-corrected chi connectivity index (χ4v) is 3.27. The largest absolute Gasteiger partial charge is 0.347 e. The van der Waals surface area contributed by atoms with Crippen LogP contribution in [-0.2, 0) is 20.0 Å². The summed E-state index contributed by atoms with van der Waals surface area (Å²) >= 11 is 0. The molecule has 3 nitrogen and oxygen atoms in total. The number of rotatable bonds is 2. The van der Waals surface area contributed by atoms with Gasteiger partial charge >= 0.3 is 0 Å². The Morgan fingerprint density at radius 1 is 1.32 bits per heavy atom. The summed E-state index contributed by atoms with van der Waals surface area (Å²) in [7, 11) is 2.08. The SMILES string of the molecule is CC1Cc2c(c3cc(CN4CC4)ccc3n2C)C1=O. The molecule has 1 saturated heterocycles. The third-order valence-electron chi connectivity index (χ3n) is 4.52. The van der Waals surface area contributed by atoms with E-state index in [0.717, 1.165) is 23.9 Å². The average Bonchev–Trinajstić information content (AvgIpc) is 3.10. The molecule has 2 aromatic rings. The van der Waals surface area contributed by atoms with Gasteiger partial charge in [-0.1, -0.05) is 13.0 Å². The van der Waals surface area contributed by atoms with E-state index in [2.05, 4.69) is 34.7 Å². The highest BCUT2D eigenvalue weighted by Crippen LogP contribution is 2.35. The molecule has 1 unspecified atom stereocenters. The highest BCUT2D eigenvalue weighted by molar-refractivity contribution is 6.12. The summed E-state index contributed by atoms with van der Waals surface area (Å²) in [5.74, 6) is 0.473. The van der Waals surface area contributed by atoms with E-state index < -0.39 is 0 Å². The van der Waals surface area contributed by atoms with Gasteiger partial charge in [0.05, 0.1) is 0 Å². The molecular formula is C16H18N2O. The van der Waals surface area contributed by atoms with Crippen LogP contribution in [0, 0.1) is 5.92 Å². The van der Waals surface area contributed by atoms with Crippen LogP contribution >= 0.6 is 0 Å². The minimum absolute atomic E-state index is 0.149. The fourth-order valence-electron chi connectivity index (χ4n) is 3.27. The van der Waals surface area contributed by atoms with Crippen LogP contribution < -0.4 is 0 Å². The third-order valence-corrected chi connectivity index (χ3v) is 4.52. The van der Waals surface area contributed by atoms with Crippen molar-refractivity contribution < 1.29 is 4.79 Å². The maximum absolute atomic E-state index is 12.3. The number of carbonyl (C=O) groups excluding carboxylic acids is 1. The van der Waals surface area contributed by atoms with Crippen molar-refractivity contribution in [3.05, 3.63) is 35.0 Å². The zero-order valence-electron chi connectivity index (χ0n) is 11.4. The fraction of sp³-hybridized carbons (Fsp3) is 0.438. The van der Waals surface area contributed by atoms with Crippen LogP contribution in [0.25, 0.3) is 10.9 Å². The van der Waals surface area contributed by atoms with Crippen molar-refractivity contribution in [1.29, 1.82) is 0 Å². The number of Topliss-reactive ketones (excluding diaryl/α,β-unsaturated/α-hetero) is 1. The van der Waals surface area contributed by atoms with E-state index in [1.165, 1.54) is 29.9 Å². The summed E-state index contributed by atoms with van der Waals surface area (Å²) in [5.41, 5.74) is 4.72. The van der Waals surface area contributed by atoms with Crippen LogP contribution in [0.4, 0.5) is 0 Å². The predicted molar refractivity (Wildman–Crippen MR) is 75.4 cm³/mol. The van der Waals surface area contributed by atoms with E-state index in [-0.39, 0.29) is 5.92 Å². The molecule has 0 amide bonds. The number of hydrogen-bond donors (Lipinski definition) is 0. The number of fused-ring (bicyclic) bond motifs is 3. The first-order valence-corrected chi connectivity index (χ1v) is 7.02.